The lowest BCUT2D eigenvalue weighted by Crippen LogP contribution is -2.25. The number of benzene rings is 1. The normalized spacial score (nSPS) is 13.4. The molecule has 0 spiro atoms. The van der Waals surface area contributed by atoms with Gasteiger partial charge in [-0.25, -0.2) is 0 Å². The zero-order chi connectivity index (χ0) is 18.9. The van der Waals surface area contributed by atoms with Crippen molar-refractivity contribution in [2.75, 3.05) is 5.73 Å². The molecule has 0 aromatic heterocycles. The van der Waals surface area contributed by atoms with Gasteiger partial charge in [-0.05, 0) is 42.7 Å². The lowest BCUT2D eigenvalue weighted by atomic mass is 9.78. The Hall–Kier alpha value is -1.02. The van der Waals surface area contributed by atoms with Gasteiger partial charge in [0, 0.05) is 11.7 Å². The molecule has 1 atom stereocenters. The highest BCUT2D eigenvalue weighted by molar-refractivity contribution is 5.52. The summed E-state index contributed by atoms with van der Waals surface area (Å²) in [5, 5.41) is 0. The molecular weight excluding hydrogens is 304 g/mol. The van der Waals surface area contributed by atoms with Crippen molar-refractivity contribution in [3.05, 3.63) is 29.3 Å². The van der Waals surface area contributed by atoms with Crippen molar-refractivity contribution in [3.8, 4) is 0 Å². The van der Waals surface area contributed by atoms with E-state index in [0.717, 1.165) is 5.69 Å². The fourth-order valence-electron chi connectivity index (χ4n) is 3.56. The molecule has 0 fully saturated rings. The summed E-state index contributed by atoms with van der Waals surface area (Å²) < 4.78 is 0. The van der Waals surface area contributed by atoms with E-state index in [2.05, 4.69) is 52.8 Å². The van der Waals surface area contributed by atoms with Gasteiger partial charge >= 0.3 is 0 Å². The monoisotopic (exact) mass is 346 g/mol. The summed E-state index contributed by atoms with van der Waals surface area (Å²) in [6.45, 7) is 11.2. The van der Waals surface area contributed by atoms with Crippen molar-refractivity contribution in [1.29, 1.82) is 0 Å². The van der Waals surface area contributed by atoms with Crippen LogP contribution in [-0.2, 0) is 5.41 Å². The van der Waals surface area contributed by atoms with Gasteiger partial charge in [-0.2, -0.15) is 0 Å². The van der Waals surface area contributed by atoms with E-state index in [9.17, 15) is 0 Å². The summed E-state index contributed by atoms with van der Waals surface area (Å²) in [5.41, 5.74) is 16.0. The molecular formula is C23H42N2. The second-order valence-corrected chi connectivity index (χ2v) is 8.90. The van der Waals surface area contributed by atoms with E-state index in [0.29, 0.717) is 12.0 Å². The molecule has 1 aromatic rings. The van der Waals surface area contributed by atoms with Gasteiger partial charge in [-0.1, -0.05) is 90.3 Å². The summed E-state index contributed by atoms with van der Waals surface area (Å²) in [6, 6.07) is 6.80. The molecule has 0 bridgehead atoms. The lowest BCUT2D eigenvalue weighted by Gasteiger charge is -2.27. The maximum Gasteiger partial charge on any atom is 0.0352 e. The Morgan fingerprint density at radius 1 is 0.920 bits per heavy atom. The van der Waals surface area contributed by atoms with E-state index in [1.54, 1.807) is 0 Å². The number of rotatable bonds is 12. The molecule has 1 unspecified atom stereocenters. The number of hydrogen-bond donors (Lipinski definition) is 2. The minimum Gasteiger partial charge on any atom is -0.398 e. The zero-order valence-electron chi connectivity index (χ0n) is 17.4. The topological polar surface area (TPSA) is 52.0 Å². The Balaban J connectivity index is 2.16. The number of unbranched alkanes of at least 4 members (excludes halogenated alkanes) is 6. The fraction of sp³-hybridized carbons (Fsp3) is 0.739. The predicted octanol–water partition coefficient (Wildman–Crippen LogP) is 6.35. The van der Waals surface area contributed by atoms with Crippen LogP contribution in [0, 0.1) is 12.8 Å². The van der Waals surface area contributed by atoms with E-state index < -0.39 is 0 Å². The van der Waals surface area contributed by atoms with Crippen molar-refractivity contribution in [3.63, 3.8) is 0 Å². The first-order valence-corrected chi connectivity index (χ1v) is 10.4. The first kappa shape index (κ1) is 22.0. The molecule has 1 rings (SSSR count). The molecule has 0 heterocycles. The summed E-state index contributed by atoms with van der Waals surface area (Å²) in [7, 11) is 0. The maximum atomic E-state index is 6.20. The van der Waals surface area contributed by atoms with Gasteiger partial charge < -0.3 is 11.5 Å². The van der Waals surface area contributed by atoms with Gasteiger partial charge in [0.1, 0.15) is 0 Å². The third-order valence-electron chi connectivity index (χ3n) is 5.63. The van der Waals surface area contributed by atoms with Crippen LogP contribution in [0.5, 0.6) is 0 Å². The molecule has 25 heavy (non-hydrogen) atoms. The highest BCUT2D eigenvalue weighted by Gasteiger charge is 2.22. The van der Waals surface area contributed by atoms with E-state index in [1.807, 2.05) is 0 Å². The van der Waals surface area contributed by atoms with E-state index >= 15 is 0 Å². The number of nitrogen functional groups attached to an aromatic ring is 1. The second kappa shape index (κ2) is 10.9. The van der Waals surface area contributed by atoms with Crippen LogP contribution in [0.25, 0.3) is 0 Å². The number of hydrogen-bond acceptors (Lipinski definition) is 2. The van der Waals surface area contributed by atoms with E-state index in [1.165, 1.54) is 68.9 Å². The molecule has 1 aromatic carbocycles. The summed E-state index contributed by atoms with van der Waals surface area (Å²) >= 11 is 0. The lowest BCUT2D eigenvalue weighted by molar-refractivity contribution is 0.430. The second-order valence-electron chi connectivity index (χ2n) is 8.90. The van der Waals surface area contributed by atoms with Gasteiger partial charge in [-0.3, -0.25) is 0 Å². The fourth-order valence-corrected chi connectivity index (χ4v) is 3.56. The van der Waals surface area contributed by atoms with Gasteiger partial charge in [0.15, 0.2) is 0 Å². The van der Waals surface area contributed by atoms with Crippen LogP contribution in [0.1, 0.15) is 96.6 Å². The van der Waals surface area contributed by atoms with Crippen molar-refractivity contribution in [1.82, 2.24) is 0 Å². The smallest absolute Gasteiger partial charge is 0.0352 e. The highest BCUT2D eigenvalue weighted by Crippen LogP contribution is 2.33. The van der Waals surface area contributed by atoms with Gasteiger partial charge in [0.05, 0.1) is 0 Å². The molecule has 0 aliphatic heterocycles. The van der Waals surface area contributed by atoms with Crippen molar-refractivity contribution < 1.29 is 0 Å². The third-order valence-corrected chi connectivity index (χ3v) is 5.63. The molecule has 0 saturated heterocycles. The molecule has 0 aliphatic rings. The van der Waals surface area contributed by atoms with Crippen LogP contribution in [0.4, 0.5) is 5.69 Å². The highest BCUT2D eigenvalue weighted by atomic mass is 14.6. The van der Waals surface area contributed by atoms with Crippen LogP contribution < -0.4 is 11.5 Å². The number of nitrogens with two attached hydrogens (primary N) is 2. The zero-order valence-corrected chi connectivity index (χ0v) is 17.4. The summed E-state index contributed by atoms with van der Waals surface area (Å²) in [5.74, 6) is 0.616. The van der Waals surface area contributed by atoms with Crippen LogP contribution >= 0.6 is 0 Å². The molecule has 0 aliphatic carbocycles. The minimum absolute atomic E-state index is 0.170. The van der Waals surface area contributed by atoms with E-state index in [4.69, 9.17) is 11.5 Å². The molecule has 0 saturated carbocycles. The Bertz CT molecular complexity index is 491. The largest absolute Gasteiger partial charge is 0.398 e. The van der Waals surface area contributed by atoms with Crippen LogP contribution in [0.15, 0.2) is 18.2 Å². The minimum atomic E-state index is 0.170. The first-order chi connectivity index (χ1) is 11.7. The van der Waals surface area contributed by atoms with Crippen molar-refractivity contribution >= 4 is 5.69 Å². The molecule has 2 nitrogen and oxygen atoms in total. The Kier molecular flexibility index (Phi) is 9.56. The first-order valence-electron chi connectivity index (χ1n) is 10.4. The summed E-state index contributed by atoms with van der Waals surface area (Å²) in [4.78, 5) is 0. The van der Waals surface area contributed by atoms with E-state index in [-0.39, 0.29) is 5.41 Å². The van der Waals surface area contributed by atoms with Crippen LogP contribution in [-0.4, -0.2) is 6.04 Å². The molecule has 144 valence electrons. The molecule has 0 radical (unpaired) electrons. The third kappa shape index (κ3) is 8.27. The van der Waals surface area contributed by atoms with Crippen molar-refractivity contribution in [2.24, 2.45) is 11.7 Å². The van der Waals surface area contributed by atoms with Crippen LogP contribution in [0.3, 0.4) is 0 Å². The molecule has 0 amide bonds. The maximum absolute atomic E-state index is 6.20. The average molecular weight is 347 g/mol. The number of anilines is 1. The van der Waals surface area contributed by atoms with Gasteiger partial charge in [0.2, 0.25) is 0 Å². The predicted molar refractivity (Wildman–Crippen MR) is 113 cm³/mol. The molecule has 4 N–H and O–H groups in total. The Morgan fingerprint density at radius 3 is 2.08 bits per heavy atom. The average Bonchev–Trinajstić information content (AvgIpc) is 2.55. The summed E-state index contributed by atoms with van der Waals surface area (Å²) in [6.07, 6.45) is 11.7. The van der Waals surface area contributed by atoms with Gasteiger partial charge in [-0.15, -0.1) is 0 Å². The Labute approximate surface area is 156 Å². The quantitative estimate of drug-likeness (QED) is 0.342. The van der Waals surface area contributed by atoms with Crippen LogP contribution in [0.2, 0.25) is 0 Å². The SMILES string of the molecule is Cc1ccc(N)c(C(C)(C)CCCCCCCCCC(N)C(C)C)c1. The van der Waals surface area contributed by atoms with Gasteiger partial charge in [0.25, 0.3) is 0 Å². The molecule has 2 heteroatoms. The standard InChI is InChI=1S/C23H42N2/c1-18(2)21(24)13-11-9-7-6-8-10-12-16-23(4,5)20-17-19(3)14-15-22(20)25/h14-15,17-18,21H,6-13,16,24-25H2,1-5H3. The Morgan fingerprint density at radius 2 is 1.48 bits per heavy atom. The van der Waals surface area contributed by atoms with Crippen molar-refractivity contribution in [2.45, 2.75) is 104 Å². The number of aryl methyl sites for hydroxylation is 1.